The zero-order valence-corrected chi connectivity index (χ0v) is 23.0. The van der Waals surface area contributed by atoms with Gasteiger partial charge < -0.3 is 15.0 Å². The van der Waals surface area contributed by atoms with Crippen LogP contribution in [0.5, 0.6) is 5.75 Å². The first-order chi connectivity index (χ1) is 18.5. The van der Waals surface area contributed by atoms with Crippen LogP contribution >= 0.6 is 23.2 Å². The molecule has 0 bridgehead atoms. The second-order valence-electron chi connectivity index (χ2n) is 9.75. The number of carbonyl (C=O) groups is 2. The average molecular weight is 554 g/mol. The lowest BCUT2D eigenvalue weighted by Gasteiger charge is -2.32. The summed E-state index contributed by atoms with van der Waals surface area (Å²) >= 11 is 12.0. The van der Waals surface area contributed by atoms with Crippen molar-refractivity contribution in [3.8, 4) is 5.75 Å². The summed E-state index contributed by atoms with van der Waals surface area (Å²) in [5, 5.41) is 4.51. The van der Waals surface area contributed by atoms with E-state index in [4.69, 9.17) is 27.9 Å². The van der Waals surface area contributed by atoms with Crippen LogP contribution in [0.3, 0.4) is 0 Å². The number of ether oxygens (including phenoxy) is 1. The number of nitrogens with one attached hydrogen (secondary N) is 1. The zero-order chi connectivity index (χ0) is 26.7. The van der Waals surface area contributed by atoms with Gasteiger partial charge in [-0.3, -0.25) is 9.59 Å². The van der Waals surface area contributed by atoms with Crippen molar-refractivity contribution in [1.29, 1.82) is 0 Å². The molecule has 0 spiro atoms. The van der Waals surface area contributed by atoms with Crippen molar-refractivity contribution < 1.29 is 14.3 Å². The molecule has 3 aromatic carbocycles. The molecule has 1 atom stereocenters. The monoisotopic (exact) mass is 552 g/mol. The number of halogens is 2. The number of benzene rings is 3. The smallest absolute Gasteiger partial charge is 0.243 e. The molecule has 5 nitrogen and oxygen atoms in total. The van der Waals surface area contributed by atoms with Crippen LogP contribution in [0, 0.1) is 0 Å². The minimum atomic E-state index is -0.627. The van der Waals surface area contributed by atoms with E-state index < -0.39 is 6.04 Å². The molecule has 2 amide bonds. The molecule has 3 aromatic rings. The zero-order valence-electron chi connectivity index (χ0n) is 21.5. The quantitative estimate of drug-likeness (QED) is 0.250. The van der Waals surface area contributed by atoms with E-state index in [0.29, 0.717) is 41.8 Å². The first-order valence-electron chi connectivity index (χ1n) is 13.2. The Kier molecular flexibility index (Phi) is 10.5. The summed E-state index contributed by atoms with van der Waals surface area (Å²) in [4.78, 5) is 29.1. The van der Waals surface area contributed by atoms with E-state index in [1.807, 2.05) is 54.6 Å². The lowest BCUT2D eigenvalue weighted by Crippen LogP contribution is -2.52. The number of carbonyl (C=O) groups excluding carboxylic acids is 2. The van der Waals surface area contributed by atoms with Crippen LogP contribution < -0.4 is 10.1 Å². The summed E-state index contributed by atoms with van der Waals surface area (Å²) in [5.74, 6) is 0.528. The van der Waals surface area contributed by atoms with Crippen LogP contribution in [-0.2, 0) is 22.6 Å². The minimum absolute atomic E-state index is 0.0813. The standard InChI is InChI=1S/C31H34Cl2N2O3/c32-25-14-12-24(13-15-25)22-35(30(36)11-6-20-38-28-18-16-26(33)17-19-28)29(21-23-7-2-1-3-8-23)31(37)34-27-9-4-5-10-27/h1-3,7-8,12-19,27,29H,4-6,9-11,20-22H2,(H,34,37)/t29-/m1/s1. The molecule has 0 saturated heterocycles. The largest absolute Gasteiger partial charge is 0.494 e. The van der Waals surface area contributed by atoms with Gasteiger partial charge in [0.1, 0.15) is 11.8 Å². The van der Waals surface area contributed by atoms with Gasteiger partial charge in [0, 0.05) is 35.5 Å². The van der Waals surface area contributed by atoms with Crippen LogP contribution in [0.15, 0.2) is 78.9 Å². The number of amides is 2. The fourth-order valence-electron chi connectivity index (χ4n) is 4.80. The molecule has 0 heterocycles. The van der Waals surface area contributed by atoms with Crippen molar-refractivity contribution in [2.75, 3.05) is 6.61 Å². The number of hydrogen-bond donors (Lipinski definition) is 1. The van der Waals surface area contributed by atoms with Gasteiger partial charge in [0.2, 0.25) is 11.8 Å². The van der Waals surface area contributed by atoms with Gasteiger partial charge in [0.05, 0.1) is 6.61 Å². The highest BCUT2D eigenvalue weighted by Gasteiger charge is 2.32. The Bertz CT molecular complexity index is 1160. The summed E-state index contributed by atoms with van der Waals surface area (Å²) in [6, 6.07) is 24.0. The summed E-state index contributed by atoms with van der Waals surface area (Å²) in [6.07, 6.45) is 5.45. The first-order valence-corrected chi connectivity index (χ1v) is 14.0. The third-order valence-electron chi connectivity index (χ3n) is 6.86. The molecule has 1 aliphatic rings. The Morgan fingerprint density at radius 1 is 0.868 bits per heavy atom. The fourth-order valence-corrected chi connectivity index (χ4v) is 5.05. The van der Waals surface area contributed by atoms with Crippen LogP contribution in [0.2, 0.25) is 10.0 Å². The summed E-state index contributed by atoms with van der Waals surface area (Å²) < 4.78 is 5.79. The van der Waals surface area contributed by atoms with Crippen molar-refractivity contribution in [2.24, 2.45) is 0 Å². The number of rotatable bonds is 12. The molecule has 0 unspecified atom stereocenters. The minimum Gasteiger partial charge on any atom is -0.494 e. The van der Waals surface area contributed by atoms with Gasteiger partial charge >= 0.3 is 0 Å². The van der Waals surface area contributed by atoms with Crippen molar-refractivity contribution in [2.45, 2.75) is 63.6 Å². The van der Waals surface area contributed by atoms with E-state index in [1.165, 1.54) is 0 Å². The van der Waals surface area contributed by atoms with Crippen LogP contribution in [-0.4, -0.2) is 35.4 Å². The Hall–Kier alpha value is -3.02. The van der Waals surface area contributed by atoms with Gasteiger partial charge in [-0.15, -0.1) is 0 Å². The molecule has 200 valence electrons. The van der Waals surface area contributed by atoms with Crippen molar-refractivity contribution in [3.05, 3.63) is 100 Å². The Morgan fingerprint density at radius 2 is 1.50 bits per heavy atom. The Balaban J connectivity index is 1.50. The average Bonchev–Trinajstić information content (AvgIpc) is 3.44. The van der Waals surface area contributed by atoms with Gasteiger partial charge in [-0.1, -0.05) is 78.5 Å². The molecule has 0 radical (unpaired) electrons. The lowest BCUT2D eigenvalue weighted by molar-refractivity contribution is -0.141. The van der Waals surface area contributed by atoms with Gasteiger partial charge in [-0.2, -0.15) is 0 Å². The van der Waals surface area contributed by atoms with Gasteiger partial charge in [0.15, 0.2) is 0 Å². The molecule has 1 saturated carbocycles. The van der Waals surface area contributed by atoms with Gasteiger partial charge in [-0.05, 0) is 66.8 Å². The van der Waals surface area contributed by atoms with E-state index in [-0.39, 0.29) is 24.3 Å². The highest BCUT2D eigenvalue weighted by atomic mass is 35.5. The summed E-state index contributed by atoms with van der Waals surface area (Å²) in [6.45, 7) is 0.712. The topological polar surface area (TPSA) is 58.6 Å². The molecule has 0 aliphatic heterocycles. The SMILES string of the molecule is O=C(NC1CCCC1)[C@@H](Cc1ccccc1)N(Cc1ccc(Cl)cc1)C(=O)CCCOc1ccc(Cl)cc1. The van der Waals surface area contributed by atoms with E-state index >= 15 is 0 Å². The molecule has 7 heteroatoms. The molecule has 4 rings (SSSR count). The van der Waals surface area contributed by atoms with E-state index in [9.17, 15) is 9.59 Å². The Labute approximate surface area is 235 Å². The normalized spacial score (nSPS) is 14.2. The molecule has 38 heavy (non-hydrogen) atoms. The highest BCUT2D eigenvalue weighted by molar-refractivity contribution is 6.30. The molecule has 0 aromatic heterocycles. The predicted molar refractivity (Wildman–Crippen MR) is 153 cm³/mol. The van der Waals surface area contributed by atoms with Crippen LogP contribution in [0.4, 0.5) is 0 Å². The molecule has 1 fully saturated rings. The number of nitrogens with zero attached hydrogens (tertiary/aromatic N) is 1. The predicted octanol–water partition coefficient (Wildman–Crippen LogP) is 6.85. The fraction of sp³-hybridized carbons (Fsp3) is 0.355. The Morgan fingerprint density at radius 3 is 2.16 bits per heavy atom. The maximum atomic E-state index is 13.7. The second kappa shape index (κ2) is 14.2. The van der Waals surface area contributed by atoms with Crippen LogP contribution in [0.25, 0.3) is 0 Å². The molecule has 1 N–H and O–H groups in total. The maximum Gasteiger partial charge on any atom is 0.243 e. The second-order valence-corrected chi connectivity index (χ2v) is 10.6. The summed E-state index contributed by atoms with van der Waals surface area (Å²) in [7, 11) is 0. The van der Waals surface area contributed by atoms with Gasteiger partial charge in [-0.25, -0.2) is 0 Å². The maximum absolute atomic E-state index is 13.7. The third-order valence-corrected chi connectivity index (χ3v) is 7.36. The van der Waals surface area contributed by atoms with E-state index in [1.54, 1.807) is 29.2 Å². The van der Waals surface area contributed by atoms with Gasteiger partial charge in [0.25, 0.3) is 0 Å². The van der Waals surface area contributed by atoms with Crippen molar-refractivity contribution in [1.82, 2.24) is 10.2 Å². The van der Waals surface area contributed by atoms with E-state index in [2.05, 4.69) is 5.32 Å². The molecular weight excluding hydrogens is 519 g/mol. The van der Waals surface area contributed by atoms with Crippen molar-refractivity contribution >= 4 is 35.0 Å². The molecular formula is C31H34Cl2N2O3. The van der Waals surface area contributed by atoms with E-state index in [0.717, 1.165) is 36.8 Å². The molecule has 1 aliphatic carbocycles. The summed E-state index contributed by atoms with van der Waals surface area (Å²) in [5.41, 5.74) is 1.94. The number of hydrogen-bond acceptors (Lipinski definition) is 3. The third kappa shape index (κ3) is 8.50. The first kappa shape index (κ1) is 28.0. The van der Waals surface area contributed by atoms with Crippen LogP contribution in [0.1, 0.15) is 49.7 Å². The van der Waals surface area contributed by atoms with Crippen molar-refractivity contribution in [3.63, 3.8) is 0 Å². The lowest BCUT2D eigenvalue weighted by atomic mass is 10.0. The highest BCUT2D eigenvalue weighted by Crippen LogP contribution is 2.21.